The van der Waals surface area contributed by atoms with Crippen molar-refractivity contribution in [1.82, 2.24) is 4.90 Å². The maximum Gasteiger partial charge on any atom is 0.232 e. The number of nitrogens with zero attached hydrogens (tertiary/aromatic N) is 1. The summed E-state index contributed by atoms with van der Waals surface area (Å²) in [5, 5.41) is 0. The average Bonchev–Trinajstić information content (AvgIpc) is 2.57. The normalized spacial score (nSPS) is 13.7. The van der Waals surface area contributed by atoms with Gasteiger partial charge in [-0.3, -0.25) is 4.79 Å². The van der Waals surface area contributed by atoms with Crippen LogP contribution < -0.4 is 0 Å². The van der Waals surface area contributed by atoms with Gasteiger partial charge in [-0.05, 0) is 42.5 Å². The number of rotatable bonds is 4. The zero-order valence-corrected chi connectivity index (χ0v) is 14.7. The topological polar surface area (TPSA) is 20.3 Å². The molecule has 0 N–H and O–H groups in total. The minimum absolute atomic E-state index is 0.259. The van der Waals surface area contributed by atoms with Crippen LogP contribution in [0.3, 0.4) is 0 Å². The summed E-state index contributed by atoms with van der Waals surface area (Å²) in [6, 6.07) is 15.0. The molecular formula is C20H23NOS. The van der Waals surface area contributed by atoms with Crippen LogP contribution in [0.4, 0.5) is 0 Å². The van der Waals surface area contributed by atoms with Gasteiger partial charge in [0.2, 0.25) is 5.91 Å². The van der Waals surface area contributed by atoms with Gasteiger partial charge in [0.05, 0.1) is 5.75 Å². The zero-order chi connectivity index (χ0) is 16.2. The Bertz CT molecular complexity index is 711. The third-order valence-corrected chi connectivity index (χ3v) is 5.44. The van der Waals surface area contributed by atoms with E-state index in [1.165, 1.54) is 27.8 Å². The van der Waals surface area contributed by atoms with E-state index in [1.807, 2.05) is 4.90 Å². The number of fused-ring (bicyclic) bond motifs is 1. The van der Waals surface area contributed by atoms with Gasteiger partial charge in [-0.15, -0.1) is 11.8 Å². The molecule has 0 spiro atoms. The molecule has 0 radical (unpaired) electrons. The molecule has 1 heterocycles. The number of carbonyl (C=O) groups excluding carboxylic acids is 1. The molecule has 1 amide bonds. The van der Waals surface area contributed by atoms with Crippen molar-refractivity contribution in [2.24, 2.45) is 0 Å². The second kappa shape index (κ2) is 7.22. The molecule has 0 aromatic heterocycles. The molecule has 2 nitrogen and oxygen atoms in total. The van der Waals surface area contributed by atoms with E-state index in [0.29, 0.717) is 5.75 Å². The first kappa shape index (κ1) is 16.1. The van der Waals surface area contributed by atoms with Gasteiger partial charge in [0, 0.05) is 18.8 Å². The van der Waals surface area contributed by atoms with E-state index in [9.17, 15) is 4.79 Å². The summed E-state index contributed by atoms with van der Waals surface area (Å²) in [7, 11) is 0. The predicted octanol–water partition coefficient (Wildman–Crippen LogP) is 4.12. The van der Waals surface area contributed by atoms with Crippen LogP contribution in [-0.4, -0.2) is 23.1 Å². The number of hydrogen-bond donors (Lipinski definition) is 0. The van der Waals surface area contributed by atoms with Crippen molar-refractivity contribution in [3.05, 3.63) is 70.3 Å². The largest absolute Gasteiger partial charge is 0.337 e. The maximum absolute atomic E-state index is 12.5. The van der Waals surface area contributed by atoms with Gasteiger partial charge in [0.15, 0.2) is 0 Å². The summed E-state index contributed by atoms with van der Waals surface area (Å²) in [4.78, 5) is 14.5. The van der Waals surface area contributed by atoms with Crippen LogP contribution >= 0.6 is 11.8 Å². The summed E-state index contributed by atoms with van der Waals surface area (Å²) in [6.07, 6.45) is 0.976. The minimum Gasteiger partial charge on any atom is -0.337 e. The molecule has 0 aliphatic carbocycles. The molecule has 0 saturated carbocycles. The van der Waals surface area contributed by atoms with Crippen molar-refractivity contribution >= 4 is 17.7 Å². The molecule has 0 atom stereocenters. The number of benzene rings is 2. The molecular weight excluding hydrogens is 302 g/mol. The molecule has 2 aromatic rings. The lowest BCUT2D eigenvalue weighted by atomic mass is 10.00. The highest BCUT2D eigenvalue weighted by atomic mass is 32.2. The lowest BCUT2D eigenvalue weighted by molar-refractivity contribution is -0.129. The Morgan fingerprint density at radius 2 is 1.91 bits per heavy atom. The van der Waals surface area contributed by atoms with Gasteiger partial charge in [-0.2, -0.15) is 0 Å². The summed E-state index contributed by atoms with van der Waals surface area (Å²) in [5.41, 5.74) is 6.62. The number of aryl methyl sites for hydroxylation is 2. The summed E-state index contributed by atoms with van der Waals surface area (Å²) < 4.78 is 0. The van der Waals surface area contributed by atoms with Crippen molar-refractivity contribution in [2.75, 3.05) is 12.3 Å². The van der Waals surface area contributed by atoms with Crippen molar-refractivity contribution in [3.8, 4) is 0 Å². The molecule has 1 aliphatic heterocycles. The highest BCUT2D eigenvalue weighted by Gasteiger charge is 2.20. The van der Waals surface area contributed by atoms with Crippen LogP contribution in [0.5, 0.6) is 0 Å². The molecule has 1 aliphatic rings. The van der Waals surface area contributed by atoms with E-state index in [4.69, 9.17) is 0 Å². The number of carbonyl (C=O) groups is 1. The van der Waals surface area contributed by atoms with Gasteiger partial charge < -0.3 is 4.90 Å². The molecule has 2 aromatic carbocycles. The average molecular weight is 325 g/mol. The quantitative estimate of drug-likeness (QED) is 0.843. The van der Waals surface area contributed by atoms with Crippen LogP contribution in [0.25, 0.3) is 0 Å². The Morgan fingerprint density at radius 1 is 1.13 bits per heavy atom. The Hall–Kier alpha value is -1.74. The third-order valence-electron chi connectivity index (χ3n) is 4.47. The van der Waals surface area contributed by atoms with Gasteiger partial charge in [0.25, 0.3) is 0 Å². The first-order chi connectivity index (χ1) is 11.1. The highest BCUT2D eigenvalue weighted by molar-refractivity contribution is 7.99. The van der Waals surface area contributed by atoms with E-state index >= 15 is 0 Å². The second-order valence-electron chi connectivity index (χ2n) is 6.26. The predicted molar refractivity (Wildman–Crippen MR) is 97.6 cm³/mol. The maximum atomic E-state index is 12.5. The van der Waals surface area contributed by atoms with Gasteiger partial charge >= 0.3 is 0 Å². The zero-order valence-electron chi connectivity index (χ0n) is 13.8. The van der Waals surface area contributed by atoms with E-state index in [2.05, 4.69) is 56.3 Å². The van der Waals surface area contributed by atoms with Crippen molar-refractivity contribution in [2.45, 2.75) is 32.6 Å². The van der Waals surface area contributed by atoms with Crippen LogP contribution in [0.1, 0.15) is 27.8 Å². The molecule has 0 unspecified atom stereocenters. The fraction of sp³-hybridized carbons (Fsp3) is 0.350. The van der Waals surface area contributed by atoms with Crippen LogP contribution in [0.15, 0.2) is 42.5 Å². The second-order valence-corrected chi connectivity index (χ2v) is 7.24. The Morgan fingerprint density at radius 3 is 2.74 bits per heavy atom. The van der Waals surface area contributed by atoms with Crippen molar-refractivity contribution < 1.29 is 4.79 Å². The van der Waals surface area contributed by atoms with E-state index < -0.39 is 0 Å². The smallest absolute Gasteiger partial charge is 0.232 e. The Kier molecular flexibility index (Phi) is 5.06. The molecule has 120 valence electrons. The lowest BCUT2D eigenvalue weighted by Gasteiger charge is -2.28. The monoisotopic (exact) mass is 325 g/mol. The third kappa shape index (κ3) is 3.97. The summed E-state index contributed by atoms with van der Waals surface area (Å²) in [6.45, 7) is 5.86. The molecule has 3 heteroatoms. The van der Waals surface area contributed by atoms with Gasteiger partial charge in [-0.1, -0.05) is 48.0 Å². The van der Waals surface area contributed by atoms with E-state index in [0.717, 1.165) is 25.3 Å². The lowest BCUT2D eigenvalue weighted by Crippen LogP contribution is -2.37. The van der Waals surface area contributed by atoms with Crippen LogP contribution in [0.2, 0.25) is 0 Å². The van der Waals surface area contributed by atoms with E-state index in [-0.39, 0.29) is 5.91 Å². The SMILES string of the molecule is Cc1ccc(C)c(CSCC(=O)N2CCc3ccccc3C2)c1. The Labute approximate surface area is 142 Å². The Balaban J connectivity index is 1.53. The number of hydrogen-bond acceptors (Lipinski definition) is 2. The molecule has 0 fully saturated rings. The molecule has 23 heavy (non-hydrogen) atoms. The fourth-order valence-electron chi connectivity index (χ4n) is 3.00. The fourth-order valence-corrected chi connectivity index (χ4v) is 3.99. The first-order valence-corrected chi connectivity index (χ1v) is 9.27. The van der Waals surface area contributed by atoms with Crippen LogP contribution in [0, 0.1) is 13.8 Å². The van der Waals surface area contributed by atoms with Crippen molar-refractivity contribution in [1.29, 1.82) is 0 Å². The molecule has 0 bridgehead atoms. The van der Waals surface area contributed by atoms with Gasteiger partial charge in [-0.25, -0.2) is 0 Å². The minimum atomic E-state index is 0.259. The van der Waals surface area contributed by atoms with E-state index in [1.54, 1.807) is 11.8 Å². The highest BCUT2D eigenvalue weighted by Crippen LogP contribution is 2.21. The molecule has 3 rings (SSSR count). The first-order valence-electron chi connectivity index (χ1n) is 8.12. The van der Waals surface area contributed by atoms with Gasteiger partial charge in [0.1, 0.15) is 0 Å². The van der Waals surface area contributed by atoms with Crippen molar-refractivity contribution in [3.63, 3.8) is 0 Å². The number of amides is 1. The standard InChI is InChI=1S/C20H23NOS/c1-15-7-8-16(2)19(11-15)13-23-14-20(22)21-10-9-17-5-3-4-6-18(17)12-21/h3-8,11H,9-10,12-14H2,1-2H3. The number of thioether (sulfide) groups is 1. The molecule has 0 saturated heterocycles. The summed E-state index contributed by atoms with van der Waals surface area (Å²) >= 11 is 1.72. The van der Waals surface area contributed by atoms with Crippen LogP contribution in [-0.2, 0) is 23.5 Å². The summed E-state index contributed by atoms with van der Waals surface area (Å²) in [5.74, 6) is 1.73.